The van der Waals surface area contributed by atoms with Crippen LogP contribution in [0.4, 0.5) is 13.2 Å². The second-order valence-corrected chi connectivity index (χ2v) is 11.6. The van der Waals surface area contributed by atoms with E-state index in [9.17, 15) is 27.6 Å². The summed E-state index contributed by atoms with van der Waals surface area (Å²) in [5, 5.41) is 0. The molecule has 0 fully saturated rings. The van der Waals surface area contributed by atoms with Crippen LogP contribution in [0.25, 0.3) is 0 Å². The van der Waals surface area contributed by atoms with E-state index < -0.39 is 53.1 Å². The molecule has 0 bridgehead atoms. The third-order valence-electron chi connectivity index (χ3n) is 5.46. The zero-order valence-corrected chi connectivity index (χ0v) is 20.9. The molecule has 0 saturated heterocycles. The molecule has 37 heavy (non-hydrogen) atoms. The molecule has 0 spiro atoms. The van der Waals surface area contributed by atoms with Crippen LogP contribution in [-0.2, 0) is 27.7 Å². The molecule has 188 valence electrons. The summed E-state index contributed by atoms with van der Waals surface area (Å²) in [4.78, 5) is 39.4. The average Bonchev–Trinajstić information content (AvgIpc) is 3.31. The molecule has 4 rings (SSSR count). The zero-order valence-electron chi connectivity index (χ0n) is 19.4. The van der Waals surface area contributed by atoms with Crippen molar-refractivity contribution in [3.8, 4) is 0 Å². The Balaban J connectivity index is 1.78. The van der Waals surface area contributed by atoms with Gasteiger partial charge in [0, 0.05) is 0 Å². The summed E-state index contributed by atoms with van der Waals surface area (Å²) in [5.41, 5.74) is 0.342. The summed E-state index contributed by atoms with van der Waals surface area (Å²) in [6.07, 6.45) is 3.57. The minimum atomic E-state index is -5.42. The minimum absolute atomic E-state index is 0.0729. The Labute approximate surface area is 214 Å². The van der Waals surface area contributed by atoms with E-state index in [1.54, 1.807) is 19.1 Å². The molecule has 0 saturated carbocycles. The standard InChI is InChI=1S/3C7H5FO2.C6H7.Ti/c3*8-6-3-1-5(2-4-6)7(9)10;1-6-4-2-3-5-6;/h3*1-4H,(H,9,10);2,4H,3H2,1H3;/q;;;;+3/p-3. The molecule has 0 unspecified atom stereocenters. The quantitative estimate of drug-likeness (QED) is 0.334. The molecular weight excluding hydrogens is 525 g/mol. The van der Waals surface area contributed by atoms with Crippen molar-refractivity contribution in [1.29, 1.82) is 0 Å². The van der Waals surface area contributed by atoms with E-state index >= 15 is 0 Å². The molecule has 0 heterocycles. The predicted octanol–water partition coefficient (Wildman–Crippen LogP) is 6.11. The van der Waals surface area contributed by atoms with E-state index in [1.807, 2.05) is 0 Å². The fraction of sp³-hybridized carbons (Fsp3) is 0.0741. The van der Waals surface area contributed by atoms with E-state index in [4.69, 9.17) is 9.96 Å². The molecule has 1 aliphatic rings. The van der Waals surface area contributed by atoms with Gasteiger partial charge in [-0.15, -0.1) is 0 Å². The van der Waals surface area contributed by atoms with Crippen LogP contribution in [0.3, 0.4) is 0 Å². The SMILES string of the molecule is CC1=[C]([Ti]([O]C(=O)c2ccc(F)cc2)([O]C(=O)c2ccc(F)cc2)[O]C(=O)c2ccc(F)cc2)CC=C1. The zero-order chi connectivity index (χ0) is 26.6. The molecule has 3 aromatic rings. The molecule has 0 amide bonds. The van der Waals surface area contributed by atoms with Crippen LogP contribution in [-0.4, -0.2) is 17.9 Å². The summed E-state index contributed by atoms with van der Waals surface area (Å²) < 4.78 is 57.8. The van der Waals surface area contributed by atoms with Crippen molar-refractivity contribution in [2.75, 3.05) is 0 Å². The van der Waals surface area contributed by atoms with Gasteiger partial charge in [-0.05, 0) is 0 Å². The van der Waals surface area contributed by atoms with Crippen LogP contribution >= 0.6 is 0 Å². The number of carbonyl (C=O) groups is 3. The van der Waals surface area contributed by atoms with E-state index in [-0.39, 0.29) is 23.1 Å². The monoisotopic (exact) mass is 544 g/mol. The predicted molar refractivity (Wildman–Crippen MR) is 122 cm³/mol. The first-order valence-electron chi connectivity index (χ1n) is 11.0. The fourth-order valence-electron chi connectivity index (χ4n) is 3.53. The number of hydrogen-bond donors (Lipinski definition) is 0. The van der Waals surface area contributed by atoms with E-state index in [0.717, 1.165) is 36.4 Å². The Morgan fingerprint density at radius 1 is 0.622 bits per heavy atom. The maximum absolute atomic E-state index is 13.4. The Morgan fingerprint density at radius 3 is 1.22 bits per heavy atom. The van der Waals surface area contributed by atoms with Crippen LogP contribution in [0.1, 0.15) is 44.4 Å². The van der Waals surface area contributed by atoms with Crippen molar-refractivity contribution in [1.82, 2.24) is 0 Å². The number of halogens is 3. The van der Waals surface area contributed by atoms with E-state index in [0.29, 0.717) is 9.45 Å². The Kier molecular flexibility index (Phi) is 7.75. The summed E-state index contributed by atoms with van der Waals surface area (Å²) in [5.74, 6) is -4.79. The van der Waals surface area contributed by atoms with Crippen LogP contribution in [0.5, 0.6) is 0 Å². The Hall–Kier alpha value is -3.95. The van der Waals surface area contributed by atoms with Gasteiger partial charge in [-0.25, -0.2) is 0 Å². The van der Waals surface area contributed by atoms with Gasteiger partial charge in [0.1, 0.15) is 0 Å². The third-order valence-corrected chi connectivity index (χ3v) is 9.67. The van der Waals surface area contributed by atoms with Crippen molar-refractivity contribution in [3.63, 3.8) is 0 Å². The van der Waals surface area contributed by atoms with Crippen LogP contribution < -0.4 is 0 Å². The summed E-state index contributed by atoms with van der Waals surface area (Å²) in [6.45, 7) is 1.67. The van der Waals surface area contributed by atoms with Gasteiger partial charge in [0.25, 0.3) is 0 Å². The molecule has 10 heteroatoms. The average molecular weight is 544 g/mol. The molecule has 0 aliphatic heterocycles. The fourth-order valence-corrected chi connectivity index (χ4v) is 7.46. The van der Waals surface area contributed by atoms with Gasteiger partial charge in [-0.1, -0.05) is 0 Å². The van der Waals surface area contributed by atoms with Crippen molar-refractivity contribution in [2.24, 2.45) is 0 Å². The van der Waals surface area contributed by atoms with Crippen molar-refractivity contribution in [3.05, 3.63) is 129 Å². The van der Waals surface area contributed by atoms with Crippen LogP contribution in [0, 0.1) is 17.5 Å². The second kappa shape index (κ2) is 11.0. The molecule has 0 aromatic heterocycles. The molecule has 0 atom stereocenters. The maximum atomic E-state index is 13.4. The van der Waals surface area contributed by atoms with Gasteiger partial charge in [0.2, 0.25) is 0 Å². The first kappa shape index (κ1) is 26.1. The van der Waals surface area contributed by atoms with Gasteiger partial charge >= 0.3 is 215 Å². The van der Waals surface area contributed by atoms with Crippen LogP contribution in [0.2, 0.25) is 0 Å². The first-order chi connectivity index (χ1) is 17.7. The summed E-state index contributed by atoms with van der Waals surface area (Å²) in [7, 11) is 0. The van der Waals surface area contributed by atoms with Gasteiger partial charge in [-0.2, -0.15) is 0 Å². The van der Waals surface area contributed by atoms with Crippen molar-refractivity contribution >= 4 is 17.9 Å². The second-order valence-electron chi connectivity index (χ2n) is 8.01. The Morgan fingerprint density at radius 2 is 0.946 bits per heavy atom. The number of benzene rings is 3. The third kappa shape index (κ3) is 6.07. The van der Waals surface area contributed by atoms with Gasteiger partial charge in [-0.3, -0.25) is 0 Å². The van der Waals surface area contributed by atoms with Gasteiger partial charge in [0.05, 0.1) is 0 Å². The number of hydrogen-bond acceptors (Lipinski definition) is 6. The molecule has 6 nitrogen and oxygen atoms in total. The molecule has 0 radical (unpaired) electrons. The number of rotatable bonds is 7. The summed E-state index contributed by atoms with van der Waals surface area (Å²) in [6, 6.07) is 13.3. The van der Waals surface area contributed by atoms with E-state index in [2.05, 4.69) is 0 Å². The normalized spacial score (nSPS) is 12.9. The topological polar surface area (TPSA) is 78.9 Å². The van der Waals surface area contributed by atoms with Gasteiger partial charge < -0.3 is 0 Å². The molecule has 0 N–H and O–H groups in total. The Bertz CT molecular complexity index is 1250. The van der Waals surface area contributed by atoms with Gasteiger partial charge in [0.15, 0.2) is 0 Å². The van der Waals surface area contributed by atoms with Crippen molar-refractivity contribution < 1.29 is 55.3 Å². The first-order valence-corrected chi connectivity index (χ1v) is 13.7. The number of carbonyl (C=O) groups excluding carboxylic acids is 3. The summed E-state index contributed by atoms with van der Waals surface area (Å²) >= 11 is -5.42. The molecule has 3 aromatic carbocycles. The molecular formula is C27H19F3O6Ti. The van der Waals surface area contributed by atoms with E-state index in [1.165, 1.54) is 36.4 Å². The molecule has 1 aliphatic carbocycles. The van der Waals surface area contributed by atoms with Crippen LogP contribution in [0.15, 0.2) is 94.4 Å². The number of allylic oxidation sites excluding steroid dienone is 4. The van der Waals surface area contributed by atoms with Crippen molar-refractivity contribution in [2.45, 2.75) is 13.3 Å².